The third kappa shape index (κ3) is 3.73. The molecule has 9 nitrogen and oxygen atoms in total. The number of fused-ring (bicyclic) bond motifs is 1. The number of hydrogen-bond donors (Lipinski definition) is 2. The molecule has 1 aliphatic heterocycles. The number of anilines is 1. The molecule has 4 rings (SSSR count). The number of nitrogens with zero attached hydrogens (tertiary/aromatic N) is 2. The number of non-ortho nitro benzene ring substituents is 1. The van der Waals surface area contributed by atoms with Crippen LogP contribution in [-0.2, 0) is 9.59 Å². The Morgan fingerprint density at radius 2 is 1.91 bits per heavy atom. The van der Waals surface area contributed by atoms with E-state index in [0.29, 0.717) is 24.1 Å². The Morgan fingerprint density at radius 3 is 2.55 bits per heavy atom. The van der Waals surface area contributed by atoms with Gasteiger partial charge in [-0.25, -0.2) is 9.59 Å². The lowest BCUT2D eigenvalue weighted by Crippen LogP contribution is -2.56. The number of carboxylic acid groups (broad SMARTS) is 1. The zero-order chi connectivity index (χ0) is 23.9. The van der Waals surface area contributed by atoms with E-state index in [0.717, 1.165) is 5.56 Å². The quantitative estimate of drug-likeness (QED) is 0.526. The first-order chi connectivity index (χ1) is 15.6. The van der Waals surface area contributed by atoms with E-state index in [2.05, 4.69) is 5.32 Å². The molecule has 1 saturated heterocycles. The Kier molecular flexibility index (Phi) is 5.65. The fourth-order valence-corrected chi connectivity index (χ4v) is 5.32. The minimum absolute atomic E-state index is 0.124. The number of hydrogen-bond acceptors (Lipinski definition) is 5. The van der Waals surface area contributed by atoms with Crippen molar-refractivity contribution in [3.05, 3.63) is 69.8 Å². The number of urea groups is 1. The molecule has 9 heteroatoms. The molecule has 0 radical (unpaired) electrons. The van der Waals surface area contributed by atoms with E-state index < -0.39 is 40.3 Å². The van der Waals surface area contributed by atoms with Crippen LogP contribution in [0.3, 0.4) is 0 Å². The summed E-state index contributed by atoms with van der Waals surface area (Å²) in [6.45, 7) is 3.37. The van der Waals surface area contributed by atoms with Crippen LogP contribution < -0.4 is 5.32 Å². The van der Waals surface area contributed by atoms with Gasteiger partial charge in [0.2, 0.25) is 0 Å². The van der Waals surface area contributed by atoms with Gasteiger partial charge in [-0.15, -0.1) is 0 Å². The monoisotopic (exact) mass is 451 g/mol. The molecule has 1 heterocycles. The number of likely N-dealkylation sites (tertiary alicyclic amines) is 1. The van der Waals surface area contributed by atoms with Gasteiger partial charge >= 0.3 is 12.0 Å². The van der Waals surface area contributed by atoms with Crippen LogP contribution in [0.15, 0.2) is 48.5 Å². The number of benzene rings is 2. The van der Waals surface area contributed by atoms with Crippen LogP contribution >= 0.6 is 0 Å². The predicted octanol–water partition coefficient (Wildman–Crippen LogP) is 4.32. The molecule has 0 spiro atoms. The third-order valence-electron chi connectivity index (χ3n) is 6.96. The van der Waals surface area contributed by atoms with Crippen LogP contribution in [0.1, 0.15) is 43.4 Å². The second-order valence-corrected chi connectivity index (χ2v) is 8.91. The molecular weight excluding hydrogens is 426 g/mol. The molecule has 1 aliphatic carbocycles. The van der Waals surface area contributed by atoms with Gasteiger partial charge in [0.05, 0.1) is 11.0 Å². The minimum Gasteiger partial charge on any atom is -0.479 e. The number of nitro groups is 1. The molecule has 2 aromatic carbocycles. The van der Waals surface area contributed by atoms with Gasteiger partial charge in [-0.1, -0.05) is 29.8 Å². The first-order valence-corrected chi connectivity index (χ1v) is 10.8. The van der Waals surface area contributed by atoms with Gasteiger partial charge in [0.25, 0.3) is 5.69 Å². The lowest BCUT2D eigenvalue weighted by atomic mass is 9.70. The van der Waals surface area contributed by atoms with Crippen molar-refractivity contribution in [1.82, 2.24) is 4.90 Å². The summed E-state index contributed by atoms with van der Waals surface area (Å²) in [6.07, 6.45) is 1.30. The summed E-state index contributed by atoms with van der Waals surface area (Å²) in [4.78, 5) is 51.3. The van der Waals surface area contributed by atoms with Crippen LogP contribution in [0.2, 0.25) is 0 Å². The Labute approximate surface area is 190 Å². The third-order valence-corrected chi connectivity index (χ3v) is 6.96. The number of aryl methyl sites for hydroxylation is 1. The van der Waals surface area contributed by atoms with Crippen molar-refractivity contribution in [1.29, 1.82) is 0 Å². The Bertz CT molecular complexity index is 1130. The fraction of sp³-hybridized carbons (Fsp3) is 0.375. The summed E-state index contributed by atoms with van der Waals surface area (Å²) in [7, 11) is 0. The largest absolute Gasteiger partial charge is 0.479 e. The number of amides is 2. The maximum absolute atomic E-state index is 13.6. The first-order valence-electron chi connectivity index (χ1n) is 10.8. The summed E-state index contributed by atoms with van der Waals surface area (Å²) in [5.74, 6) is -2.70. The molecule has 172 valence electrons. The number of carbonyl (C=O) groups excluding carboxylic acids is 2. The molecule has 2 amide bonds. The number of aliphatic carboxylic acids is 1. The Morgan fingerprint density at radius 1 is 1.21 bits per heavy atom. The highest BCUT2D eigenvalue weighted by Crippen LogP contribution is 2.55. The first kappa shape index (κ1) is 22.4. The van der Waals surface area contributed by atoms with Gasteiger partial charge in [-0.3, -0.25) is 14.9 Å². The van der Waals surface area contributed by atoms with E-state index in [1.165, 1.54) is 30.0 Å². The zero-order valence-electron chi connectivity index (χ0n) is 18.4. The number of Topliss-reactive ketones (excluding diaryl/α,β-unsaturated/α-hetero) is 1. The molecule has 2 fully saturated rings. The van der Waals surface area contributed by atoms with Gasteiger partial charge in [-0.2, -0.15) is 0 Å². The number of nitro benzene ring substituents is 1. The molecule has 2 N–H and O–H groups in total. The average Bonchev–Trinajstić information content (AvgIpc) is 3.07. The molecular formula is C24H25N3O6. The highest BCUT2D eigenvalue weighted by Gasteiger charge is 2.64. The topological polar surface area (TPSA) is 130 Å². The summed E-state index contributed by atoms with van der Waals surface area (Å²) in [5.41, 5.74) is 0.00623. The standard InChI is InChI=1S/C24H25N3O6/c1-14-9-11-16(12-10-14)25-23(31)26-21(15-5-3-6-17(13-15)27(32)33)20-18(7-4-8-19(20)28)24(26,2)22(29)30/h3,5-6,9-13,18,20-21H,4,7-8H2,1-2H3,(H,25,31)(H,29,30). The van der Waals surface area contributed by atoms with E-state index >= 15 is 0 Å². The van der Waals surface area contributed by atoms with Crippen molar-refractivity contribution in [2.75, 3.05) is 5.32 Å². The summed E-state index contributed by atoms with van der Waals surface area (Å²) >= 11 is 0. The minimum atomic E-state index is -1.66. The summed E-state index contributed by atoms with van der Waals surface area (Å²) < 4.78 is 0. The fourth-order valence-electron chi connectivity index (χ4n) is 5.32. The van der Waals surface area contributed by atoms with Crippen molar-refractivity contribution >= 4 is 29.2 Å². The molecule has 0 aromatic heterocycles. The van der Waals surface area contributed by atoms with Crippen LogP contribution in [0.4, 0.5) is 16.2 Å². The van der Waals surface area contributed by atoms with Crippen LogP contribution in [0, 0.1) is 28.9 Å². The van der Waals surface area contributed by atoms with Crippen LogP contribution in [0.5, 0.6) is 0 Å². The van der Waals surface area contributed by atoms with E-state index in [1.54, 1.807) is 18.2 Å². The van der Waals surface area contributed by atoms with Crippen molar-refractivity contribution in [3.63, 3.8) is 0 Å². The summed E-state index contributed by atoms with van der Waals surface area (Å²) in [6, 6.07) is 11.2. The molecule has 2 aromatic rings. The SMILES string of the molecule is Cc1ccc(NC(=O)N2C(c3cccc([N+](=O)[O-])c3)C3C(=O)CCCC3C2(C)C(=O)O)cc1. The van der Waals surface area contributed by atoms with Gasteiger partial charge in [0, 0.05) is 36.1 Å². The average molecular weight is 451 g/mol. The second-order valence-electron chi connectivity index (χ2n) is 8.91. The van der Waals surface area contributed by atoms with E-state index in [4.69, 9.17) is 0 Å². The molecule has 1 saturated carbocycles. The Hall–Kier alpha value is -3.75. The molecule has 0 bridgehead atoms. The number of carboxylic acids is 1. The van der Waals surface area contributed by atoms with Gasteiger partial charge in [-0.05, 0) is 44.4 Å². The lowest BCUT2D eigenvalue weighted by Gasteiger charge is -2.37. The Balaban J connectivity index is 1.85. The highest BCUT2D eigenvalue weighted by atomic mass is 16.6. The highest BCUT2D eigenvalue weighted by molar-refractivity contribution is 5.97. The second kappa shape index (κ2) is 8.31. The van der Waals surface area contributed by atoms with Crippen LogP contribution in [-0.4, -0.2) is 38.3 Å². The van der Waals surface area contributed by atoms with Crippen molar-refractivity contribution in [2.45, 2.75) is 44.7 Å². The van der Waals surface area contributed by atoms with E-state index in [9.17, 15) is 29.6 Å². The summed E-state index contributed by atoms with van der Waals surface area (Å²) in [5, 5.41) is 24.4. The van der Waals surface area contributed by atoms with Crippen molar-refractivity contribution < 1.29 is 24.4 Å². The molecule has 2 aliphatic rings. The molecule has 33 heavy (non-hydrogen) atoms. The zero-order valence-corrected chi connectivity index (χ0v) is 18.4. The number of nitrogens with one attached hydrogen (secondary N) is 1. The van der Waals surface area contributed by atoms with E-state index in [1.807, 2.05) is 19.1 Å². The van der Waals surface area contributed by atoms with E-state index in [-0.39, 0.29) is 17.9 Å². The number of rotatable bonds is 4. The number of carbonyl (C=O) groups is 3. The maximum atomic E-state index is 13.6. The van der Waals surface area contributed by atoms with Gasteiger partial charge in [0.15, 0.2) is 0 Å². The van der Waals surface area contributed by atoms with Crippen molar-refractivity contribution in [2.24, 2.45) is 11.8 Å². The molecule has 4 unspecified atom stereocenters. The van der Waals surface area contributed by atoms with Crippen LogP contribution in [0.25, 0.3) is 0 Å². The maximum Gasteiger partial charge on any atom is 0.329 e. The van der Waals surface area contributed by atoms with Gasteiger partial charge < -0.3 is 15.3 Å². The lowest BCUT2D eigenvalue weighted by molar-refractivity contribution is -0.385. The predicted molar refractivity (Wildman–Crippen MR) is 120 cm³/mol. The normalized spacial score (nSPS) is 26.5. The molecule has 4 atom stereocenters. The smallest absolute Gasteiger partial charge is 0.329 e. The number of ketones is 1. The van der Waals surface area contributed by atoms with Crippen molar-refractivity contribution in [3.8, 4) is 0 Å². The van der Waals surface area contributed by atoms with Gasteiger partial charge in [0.1, 0.15) is 11.3 Å².